The van der Waals surface area contributed by atoms with Gasteiger partial charge in [0.2, 0.25) is 5.88 Å². The molecule has 5 aromatic rings. The monoisotopic (exact) mass is 655 g/mol. The number of carboxylic acid groups (broad SMARTS) is 1. The van der Waals surface area contributed by atoms with E-state index in [1.54, 1.807) is 6.07 Å². The Kier molecular flexibility index (Phi) is 9.08. The van der Waals surface area contributed by atoms with Crippen molar-refractivity contribution in [3.63, 3.8) is 0 Å². The molecule has 1 saturated heterocycles. The molecule has 0 aliphatic carbocycles. The first-order chi connectivity index (χ1) is 22.9. The van der Waals surface area contributed by atoms with E-state index in [9.17, 15) is 15.0 Å². The maximum Gasteiger partial charge on any atom is 0.335 e. The molecular weight excluding hydrogens is 622 g/mol. The highest BCUT2D eigenvalue weighted by Gasteiger charge is 2.25. The summed E-state index contributed by atoms with van der Waals surface area (Å²) in [4.78, 5) is 21.8. The van der Waals surface area contributed by atoms with Crippen LogP contribution in [0.25, 0.3) is 22.3 Å². The summed E-state index contributed by atoms with van der Waals surface area (Å²) in [6, 6.07) is 20.8. The molecule has 0 saturated carbocycles. The Morgan fingerprint density at radius 1 is 1.00 bits per heavy atom. The number of aliphatic hydroxyl groups excluding tert-OH is 1. The minimum absolute atomic E-state index is 0.00198. The van der Waals surface area contributed by atoms with Crippen LogP contribution in [0.2, 0.25) is 5.02 Å². The highest BCUT2D eigenvalue weighted by molar-refractivity contribution is 6.30. The summed E-state index contributed by atoms with van der Waals surface area (Å²) >= 11 is 6.33. The van der Waals surface area contributed by atoms with Gasteiger partial charge in [0, 0.05) is 29.7 Å². The number of hydrogen-bond donors (Lipinski definition) is 2. The van der Waals surface area contributed by atoms with Crippen LogP contribution >= 0.6 is 11.6 Å². The van der Waals surface area contributed by atoms with Crippen LogP contribution in [0.4, 0.5) is 0 Å². The second-order valence-corrected chi connectivity index (χ2v) is 12.1. The van der Waals surface area contributed by atoms with Crippen LogP contribution in [0.5, 0.6) is 11.6 Å². The molecule has 1 atom stereocenters. The number of benzene rings is 3. The zero-order chi connectivity index (χ0) is 32.3. The lowest BCUT2D eigenvalue weighted by Gasteiger charge is -2.27. The molecule has 242 valence electrons. The molecule has 7 rings (SSSR count). The van der Waals surface area contributed by atoms with Gasteiger partial charge >= 0.3 is 5.97 Å². The van der Waals surface area contributed by atoms with Crippen LogP contribution in [-0.2, 0) is 42.1 Å². The van der Waals surface area contributed by atoms with E-state index in [1.807, 2.05) is 47.0 Å². The van der Waals surface area contributed by atoms with Gasteiger partial charge in [-0.25, -0.2) is 14.8 Å². The molecule has 2 aliphatic heterocycles. The standard InChI is InChI=1S/C36H34ClN3O7/c37-28-7-6-25-21-47-34-3-1-2-30(38-34)24-5-4-22(27(14-24)20-44-11-8-23(25)15-28)18-33-39-35-31(40(33)19-29-9-12-45-29)16-26(36(42)43)17-32(35)46-13-10-41/h1-7,14-17,29,41H,8-13,18-21H2,(H,42,43)/t29-/m0/s1. The Balaban J connectivity index is 1.28. The average molecular weight is 656 g/mol. The third-order valence-corrected chi connectivity index (χ3v) is 8.80. The van der Waals surface area contributed by atoms with Crippen molar-refractivity contribution in [2.75, 3.05) is 26.4 Å². The van der Waals surface area contributed by atoms with E-state index >= 15 is 0 Å². The molecule has 1 fully saturated rings. The second-order valence-electron chi connectivity index (χ2n) is 11.7. The van der Waals surface area contributed by atoms with Crippen molar-refractivity contribution < 1.29 is 34.0 Å². The number of halogens is 1. The van der Waals surface area contributed by atoms with Crippen LogP contribution in [0, 0.1) is 0 Å². The van der Waals surface area contributed by atoms with Crippen molar-refractivity contribution in [3.8, 4) is 22.9 Å². The lowest BCUT2D eigenvalue weighted by Crippen LogP contribution is -2.31. The molecule has 4 bridgehead atoms. The largest absolute Gasteiger partial charge is 0.489 e. The highest BCUT2D eigenvalue weighted by atomic mass is 35.5. The number of aromatic carboxylic acids is 1. The predicted molar refractivity (Wildman–Crippen MR) is 175 cm³/mol. The number of carbonyl (C=O) groups is 1. The number of imidazole rings is 1. The minimum atomic E-state index is -1.07. The molecule has 47 heavy (non-hydrogen) atoms. The normalized spacial score (nSPS) is 16.1. The molecular formula is C36H34ClN3O7. The maximum absolute atomic E-state index is 12.0. The fraction of sp³-hybridized carbons (Fsp3) is 0.306. The number of carboxylic acids is 1. The Morgan fingerprint density at radius 3 is 2.70 bits per heavy atom. The van der Waals surface area contributed by atoms with Crippen molar-refractivity contribution >= 4 is 28.6 Å². The van der Waals surface area contributed by atoms with Crippen LogP contribution in [0.15, 0.2) is 66.7 Å². The molecule has 10 nitrogen and oxygen atoms in total. The zero-order valence-corrected chi connectivity index (χ0v) is 26.4. The second kappa shape index (κ2) is 13.7. The summed E-state index contributed by atoms with van der Waals surface area (Å²) in [7, 11) is 0. The maximum atomic E-state index is 12.0. The van der Waals surface area contributed by atoms with Crippen LogP contribution in [0.1, 0.15) is 44.9 Å². The summed E-state index contributed by atoms with van der Waals surface area (Å²) in [5, 5.41) is 19.9. The van der Waals surface area contributed by atoms with E-state index < -0.39 is 5.97 Å². The summed E-state index contributed by atoms with van der Waals surface area (Å²) in [6.07, 6.45) is 2.03. The first kappa shape index (κ1) is 31.1. The molecule has 11 heteroatoms. The SMILES string of the molecule is O=C(O)c1cc(OCCO)c2nc(Cc3ccc4cc3COCCc3cc(Cl)ccc3COc3cccc-4n3)n(C[C@@H]3CCO3)c2c1. The van der Waals surface area contributed by atoms with Gasteiger partial charge < -0.3 is 33.7 Å². The van der Waals surface area contributed by atoms with Gasteiger partial charge in [-0.1, -0.05) is 35.9 Å². The fourth-order valence-corrected chi connectivity index (χ4v) is 6.20. The van der Waals surface area contributed by atoms with Crippen molar-refractivity contribution in [2.45, 2.75) is 45.1 Å². The Morgan fingerprint density at radius 2 is 1.89 bits per heavy atom. The number of pyridine rings is 1. The van der Waals surface area contributed by atoms with Crippen LogP contribution in [0.3, 0.4) is 0 Å². The van der Waals surface area contributed by atoms with E-state index in [4.69, 9.17) is 40.5 Å². The van der Waals surface area contributed by atoms with Gasteiger partial charge in [-0.15, -0.1) is 0 Å². The quantitative estimate of drug-likeness (QED) is 0.212. The van der Waals surface area contributed by atoms with Gasteiger partial charge in [-0.3, -0.25) is 0 Å². The lowest BCUT2D eigenvalue weighted by atomic mass is 9.99. The van der Waals surface area contributed by atoms with Crippen LogP contribution in [-0.4, -0.2) is 63.2 Å². The molecule has 2 N–H and O–H groups in total. The molecule has 0 unspecified atom stereocenters. The van der Waals surface area contributed by atoms with Crippen molar-refractivity contribution in [1.29, 1.82) is 0 Å². The smallest absolute Gasteiger partial charge is 0.335 e. The summed E-state index contributed by atoms with van der Waals surface area (Å²) in [6.45, 7) is 2.26. The summed E-state index contributed by atoms with van der Waals surface area (Å²) < 4.78 is 26.0. The number of ether oxygens (including phenoxy) is 4. The van der Waals surface area contributed by atoms with Gasteiger partial charge in [0.1, 0.15) is 30.3 Å². The van der Waals surface area contributed by atoms with Gasteiger partial charge in [0.15, 0.2) is 0 Å². The van der Waals surface area contributed by atoms with Gasteiger partial charge in [0.05, 0.1) is 49.2 Å². The summed E-state index contributed by atoms with van der Waals surface area (Å²) in [5.41, 5.74) is 7.08. The number of aromatic nitrogens is 3. The van der Waals surface area contributed by atoms with E-state index in [2.05, 4.69) is 12.1 Å². The van der Waals surface area contributed by atoms with Crippen LogP contribution < -0.4 is 9.47 Å². The first-order valence-electron chi connectivity index (χ1n) is 15.6. The third-order valence-electron chi connectivity index (χ3n) is 8.56. The summed E-state index contributed by atoms with van der Waals surface area (Å²) in [5.74, 6) is 0.525. The Hall–Kier alpha value is -4.48. The van der Waals surface area contributed by atoms with Gasteiger partial charge in [0.25, 0.3) is 0 Å². The van der Waals surface area contributed by atoms with Gasteiger partial charge in [-0.2, -0.15) is 0 Å². The van der Waals surface area contributed by atoms with E-state index in [0.29, 0.717) is 73.5 Å². The molecule has 0 amide bonds. The van der Waals surface area contributed by atoms with Crippen molar-refractivity contribution in [3.05, 3.63) is 105 Å². The first-order valence-corrected chi connectivity index (χ1v) is 16.0. The number of hydrogen-bond acceptors (Lipinski definition) is 8. The molecule has 2 aromatic heterocycles. The number of nitrogens with zero attached hydrogens (tertiary/aromatic N) is 3. The molecule has 0 radical (unpaired) electrons. The Labute approximate surface area is 276 Å². The topological polar surface area (TPSA) is 125 Å². The van der Waals surface area contributed by atoms with E-state index in [0.717, 1.165) is 45.8 Å². The Bertz CT molecular complexity index is 1940. The lowest BCUT2D eigenvalue weighted by molar-refractivity contribution is -0.0589. The molecule has 4 heterocycles. The van der Waals surface area contributed by atoms with Crippen molar-refractivity contribution in [2.24, 2.45) is 0 Å². The van der Waals surface area contributed by atoms with Crippen molar-refractivity contribution in [1.82, 2.24) is 14.5 Å². The van der Waals surface area contributed by atoms with E-state index in [1.165, 1.54) is 6.07 Å². The van der Waals surface area contributed by atoms with E-state index in [-0.39, 0.29) is 24.9 Å². The average Bonchev–Trinajstić information content (AvgIpc) is 3.40. The predicted octanol–water partition coefficient (Wildman–Crippen LogP) is 5.85. The fourth-order valence-electron chi connectivity index (χ4n) is 6.00. The number of rotatable bonds is 8. The van der Waals surface area contributed by atoms with Gasteiger partial charge in [-0.05, 0) is 71.5 Å². The number of fused-ring (bicyclic) bond motifs is 7. The third kappa shape index (κ3) is 6.82. The molecule has 2 aliphatic rings. The highest BCUT2D eigenvalue weighted by Crippen LogP contribution is 2.32. The number of aliphatic hydroxyl groups is 1. The zero-order valence-electron chi connectivity index (χ0n) is 25.7. The minimum Gasteiger partial charge on any atom is -0.489 e. The molecule has 3 aromatic carbocycles. The molecule has 0 spiro atoms.